The van der Waals surface area contributed by atoms with E-state index in [9.17, 15) is 9.18 Å². The van der Waals surface area contributed by atoms with Gasteiger partial charge < -0.3 is 20.2 Å². The third kappa shape index (κ3) is 6.91. The van der Waals surface area contributed by atoms with Gasteiger partial charge >= 0.3 is 0 Å². The Kier molecular flexibility index (Phi) is 9.63. The lowest BCUT2D eigenvalue weighted by Crippen LogP contribution is -2.47. The van der Waals surface area contributed by atoms with E-state index in [1.807, 2.05) is 56.1 Å². The molecule has 8 nitrogen and oxygen atoms in total. The van der Waals surface area contributed by atoms with Gasteiger partial charge in [0.25, 0.3) is 5.91 Å². The van der Waals surface area contributed by atoms with E-state index >= 15 is 0 Å². The Labute approximate surface area is 235 Å². The van der Waals surface area contributed by atoms with E-state index in [0.717, 1.165) is 31.9 Å². The average Bonchev–Trinajstić information content (AvgIpc) is 2.97. The van der Waals surface area contributed by atoms with Gasteiger partial charge in [0.1, 0.15) is 11.5 Å². The maximum absolute atomic E-state index is 13.6. The molecule has 1 fully saturated rings. The Morgan fingerprint density at radius 3 is 2.30 bits per heavy atom. The summed E-state index contributed by atoms with van der Waals surface area (Å²) in [5.74, 6) is -0.662. The number of halogens is 1. The molecule has 40 heavy (non-hydrogen) atoms. The van der Waals surface area contributed by atoms with Gasteiger partial charge in [-0.15, -0.1) is 0 Å². The molecule has 0 unspecified atom stereocenters. The molecule has 0 spiro atoms. The van der Waals surface area contributed by atoms with Crippen molar-refractivity contribution in [2.24, 2.45) is 4.99 Å². The Balaban J connectivity index is 1.54. The first-order valence-electron chi connectivity index (χ1n) is 13.5. The molecule has 9 heteroatoms. The lowest BCUT2D eigenvalue weighted by molar-refractivity contribution is 0.102. The van der Waals surface area contributed by atoms with Gasteiger partial charge in [-0.1, -0.05) is 6.07 Å². The lowest BCUT2D eigenvalue weighted by atomic mass is 10.1. The molecule has 1 aromatic heterocycles. The van der Waals surface area contributed by atoms with Crippen molar-refractivity contribution in [3.05, 3.63) is 89.5 Å². The Hall–Kier alpha value is -4.08. The predicted octanol–water partition coefficient (Wildman–Crippen LogP) is 4.45. The van der Waals surface area contributed by atoms with Crippen LogP contribution in [0.25, 0.3) is 11.4 Å². The second-order valence-corrected chi connectivity index (χ2v) is 10.0. The summed E-state index contributed by atoms with van der Waals surface area (Å²) in [5, 5.41) is 12.1. The third-order valence-electron chi connectivity index (χ3n) is 7.13. The second kappa shape index (κ2) is 13.3. The highest BCUT2D eigenvalue weighted by molar-refractivity contribution is 6.03. The van der Waals surface area contributed by atoms with Crippen LogP contribution in [0.5, 0.6) is 0 Å². The Morgan fingerprint density at radius 1 is 1.05 bits per heavy atom. The summed E-state index contributed by atoms with van der Waals surface area (Å²) in [7, 11) is 1.93. The zero-order chi connectivity index (χ0) is 28.6. The van der Waals surface area contributed by atoms with Crippen LogP contribution in [-0.4, -0.2) is 84.9 Å². The summed E-state index contributed by atoms with van der Waals surface area (Å²) in [4.78, 5) is 28.7. The minimum atomic E-state index is -0.337. The number of aromatic nitrogens is 1. The van der Waals surface area contributed by atoms with Crippen molar-refractivity contribution in [3.8, 4) is 0 Å². The largest absolute Gasteiger partial charge is 0.395 e. The molecule has 0 bridgehead atoms. The number of hydrogen-bond donors (Lipinski definition) is 2. The first-order chi connectivity index (χ1) is 19.3. The molecule has 2 heterocycles. The van der Waals surface area contributed by atoms with Crippen LogP contribution in [0.3, 0.4) is 0 Å². The van der Waals surface area contributed by atoms with Gasteiger partial charge in [-0.3, -0.25) is 14.7 Å². The van der Waals surface area contributed by atoms with E-state index in [-0.39, 0.29) is 30.1 Å². The van der Waals surface area contributed by atoms with Crippen LogP contribution in [0, 0.1) is 5.82 Å². The molecule has 2 aromatic carbocycles. The van der Waals surface area contributed by atoms with Crippen LogP contribution in [0.15, 0.2) is 71.7 Å². The molecule has 1 amide bonds. The van der Waals surface area contributed by atoms with Crippen molar-refractivity contribution < 1.29 is 14.3 Å². The fourth-order valence-corrected chi connectivity index (χ4v) is 4.65. The number of aliphatic hydroxyl groups excluding tert-OH is 1. The van der Waals surface area contributed by atoms with Crippen molar-refractivity contribution in [1.82, 2.24) is 14.8 Å². The summed E-state index contributed by atoms with van der Waals surface area (Å²) >= 11 is 0. The molecule has 210 valence electrons. The van der Waals surface area contributed by atoms with Gasteiger partial charge in [0, 0.05) is 62.8 Å². The van der Waals surface area contributed by atoms with Crippen molar-refractivity contribution in [3.63, 3.8) is 0 Å². The van der Waals surface area contributed by atoms with Crippen molar-refractivity contribution in [2.45, 2.75) is 19.9 Å². The molecule has 1 aliphatic rings. The first-order valence-corrected chi connectivity index (χ1v) is 13.5. The maximum Gasteiger partial charge on any atom is 0.274 e. The number of hydrogen-bond acceptors (Lipinski definition) is 7. The van der Waals surface area contributed by atoms with Crippen molar-refractivity contribution in [2.75, 3.05) is 56.6 Å². The number of amides is 1. The molecule has 2 N–H and O–H groups in total. The summed E-state index contributed by atoms with van der Waals surface area (Å²) in [5.41, 5.74) is 4.53. The monoisotopic (exact) mass is 544 g/mol. The van der Waals surface area contributed by atoms with Gasteiger partial charge in [0.05, 0.1) is 23.7 Å². The number of carbonyl (C=O) groups is 1. The summed E-state index contributed by atoms with van der Waals surface area (Å²) in [6.07, 6.45) is 0. The number of pyridine rings is 1. The number of benzene rings is 2. The highest BCUT2D eigenvalue weighted by Gasteiger charge is 2.21. The molecular formula is C31H37FN6O2. The lowest BCUT2D eigenvalue weighted by Gasteiger charge is -2.35. The van der Waals surface area contributed by atoms with Crippen LogP contribution < -0.4 is 10.2 Å². The molecule has 0 saturated carbocycles. The number of carbonyl (C=O) groups excluding carboxylic acids is 1. The number of rotatable bonds is 10. The average molecular weight is 545 g/mol. The number of nitrogens with zero attached hydrogens (tertiary/aromatic N) is 5. The third-order valence-corrected chi connectivity index (χ3v) is 7.13. The second-order valence-electron chi connectivity index (χ2n) is 10.0. The van der Waals surface area contributed by atoms with Gasteiger partial charge in [0.15, 0.2) is 0 Å². The van der Waals surface area contributed by atoms with Gasteiger partial charge in [-0.05, 0) is 81.2 Å². The molecule has 3 aromatic rings. The van der Waals surface area contributed by atoms with Gasteiger partial charge in [0.2, 0.25) is 0 Å². The molecule has 0 atom stereocenters. The number of aliphatic imine (C=N–C) groups is 1. The van der Waals surface area contributed by atoms with E-state index in [4.69, 9.17) is 10.1 Å². The normalized spacial score (nSPS) is 14.6. The van der Waals surface area contributed by atoms with Crippen LogP contribution >= 0.6 is 0 Å². The van der Waals surface area contributed by atoms with Gasteiger partial charge in [-0.2, -0.15) is 0 Å². The summed E-state index contributed by atoms with van der Waals surface area (Å²) < 4.78 is 13.6. The standard InChI is InChI=1S/C31H37FN6O2/c1-22(2)36(4)30(29(33-3)23-8-10-24(32)11-9-23)27-6-5-7-28(35-27)31(40)34-25-12-14-26(15-13-25)38-18-16-37(17-19-38)20-21-39/h5-15,22,39H,3,16-21H2,1-2,4H3,(H,34,40)/b30-29-. The minimum absolute atomic E-state index is 0.0997. The van der Waals surface area contributed by atoms with Crippen molar-refractivity contribution in [1.29, 1.82) is 0 Å². The molecule has 0 aliphatic carbocycles. The van der Waals surface area contributed by atoms with Crippen LogP contribution in [0.4, 0.5) is 15.8 Å². The van der Waals surface area contributed by atoms with Crippen LogP contribution in [0.2, 0.25) is 0 Å². The Bertz CT molecular complexity index is 1330. The predicted molar refractivity (Wildman–Crippen MR) is 160 cm³/mol. The van der Waals surface area contributed by atoms with E-state index in [2.05, 4.69) is 26.8 Å². The zero-order valence-electron chi connectivity index (χ0n) is 23.3. The molecule has 1 aliphatic heterocycles. The smallest absolute Gasteiger partial charge is 0.274 e. The summed E-state index contributed by atoms with van der Waals surface area (Å²) in [6, 6.07) is 19.3. The number of nitrogens with one attached hydrogen (secondary N) is 1. The van der Waals surface area contributed by atoms with Gasteiger partial charge in [-0.25, -0.2) is 9.37 Å². The molecular weight excluding hydrogens is 507 g/mol. The van der Waals surface area contributed by atoms with E-state index in [1.165, 1.54) is 12.1 Å². The number of aliphatic hydroxyl groups is 1. The number of piperazine rings is 1. The molecule has 1 saturated heterocycles. The number of β-amino-alcohol motifs (C(OH)–C–C–N with tert-alkyl or cyclic N) is 1. The number of anilines is 2. The minimum Gasteiger partial charge on any atom is -0.395 e. The van der Waals surface area contributed by atoms with Crippen molar-refractivity contribution >= 4 is 35.4 Å². The fourth-order valence-electron chi connectivity index (χ4n) is 4.65. The fraction of sp³-hybridized carbons (Fsp3) is 0.323. The highest BCUT2D eigenvalue weighted by atomic mass is 19.1. The van der Waals surface area contributed by atoms with E-state index in [0.29, 0.717) is 34.9 Å². The zero-order valence-corrected chi connectivity index (χ0v) is 23.3. The first kappa shape index (κ1) is 28.9. The van der Waals surface area contributed by atoms with Crippen LogP contribution in [-0.2, 0) is 0 Å². The summed E-state index contributed by atoms with van der Waals surface area (Å²) in [6.45, 7) is 12.3. The topological polar surface area (TPSA) is 84.3 Å². The Morgan fingerprint density at radius 2 is 1.70 bits per heavy atom. The SMILES string of the molecule is C=N/C(=C(/c1cccc(C(=O)Nc2ccc(N3CCN(CCO)CC3)cc2)n1)N(C)C(C)C)c1ccc(F)cc1. The highest BCUT2D eigenvalue weighted by Crippen LogP contribution is 2.30. The van der Waals surface area contributed by atoms with Crippen LogP contribution in [0.1, 0.15) is 35.6 Å². The molecule has 4 rings (SSSR count). The molecule has 0 radical (unpaired) electrons. The quantitative estimate of drug-likeness (QED) is 0.367. The van der Waals surface area contributed by atoms with E-state index in [1.54, 1.807) is 24.3 Å². The maximum atomic E-state index is 13.6. The van der Waals surface area contributed by atoms with E-state index < -0.39 is 0 Å².